The number of nitrogens with one attached hydrogen (secondary N) is 1. The van der Waals surface area contributed by atoms with Crippen LogP contribution in [0, 0.1) is 11.3 Å². The van der Waals surface area contributed by atoms with Crippen LogP contribution in [0.1, 0.15) is 61.6 Å². The second-order valence-electron chi connectivity index (χ2n) is 10.5. The summed E-state index contributed by atoms with van der Waals surface area (Å²) in [7, 11) is 4.09. The summed E-state index contributed by atoms with van der Waals surface area (Å²) in [5.74, 6) is 0.327. The number of rotatable bonds is 8. The van der Waals surface area contributed by atoms with Crippen LogP contribution < -0.4 is 5.32 Å². The number of amides is 2. The Bertz CT molecular complexity index is 972. The van der Waals surface area contributed by atoms with Gasteiger partial charge < -0.3 is 15.1 Å². The first-order chi connectivity index (χ1) is 15.7. The predicted molar refractivity (Wildman–Crippen MR) is 127 cm³/mol. The number of hydrogen-bond donors (Lipinski definition) is 1. The minimum absolute atomic E-state index is 0.0135. The molecule has 2 aromatic rings. The van der Waals surface area contributed by atoms with Crippen molar-refractivity contribution in [1.29, 1.82) is 0 Å². The molecule has 8 heteroatoms. The van der Waals surface area contributed by atoms with Gasteiger partial charge in [0.05, 0.1) is 11.4 Å². The third-order valence-corrected chi connectivity index (χ3v) is 6.51. The molecule has 0 bridgehead atoms. The molecule has 1 saturated carbocycles. The Morgan fingerprint density at radius 2 is 1.76 bits per heavy atom. The lowest BCUT2D eigenvalue weighted by Gasteiger charge is -2.33. The molecular formula is C25H36N6O2. The van der Waals surface area contributed by atoms with Gasteiger partial charge in [-0.1, -0.05) is 37.3 Å². The zero-order valence-electron chi connectivity index (χ0n) is 20.3. The van der Waals surface area contributed by atoms with Gasteiger partial charge in [-0.25, -0.2) is 4.68 Å². The number of para-hydroxylation sites is 1. The van der Waals surface area contributed by atoms with Crippen LogP contribution in [0.2, 0.25) is 0 Å². The number of hydrogen-bond acceptors (Lipinski definition) is 5. The van der Waals surface area contributed by atoms with Crippen molar-refractivity contribution in [2.75, 3.05) is 40.3 Å². The molecule has 2 aliphatic rings. The zero-order chi connectivity index (χ0) is 23.6. The number of aromatic nitrogens is 3. The third kappa shape index (κ3) is 5.61. The molecule has 4 rings (SSSR count). The van der Waals surface area contributed by atoms with Crippen LogP contribution in [-0.2, 0) is 4.79 Å². The summed E-state index contributed by atoms with van der Waals surface area (Å²) in [6, 6.07) is 9.86. The lowest BCUT2D eigenvalue weighted by molar-refractivity contribution is -0.126. The lowest BCUT2D eigenvalue weighted by atomic mass is 9.91. The van der Waals surface area contributed by atoms with Crippen LogP contribution in [-0.4, -0.2) is 76.9 Å². The highest BCUT2D eigenvalue weighted by molar-refractivity contribution is 5.94. The van der Waals surface area contributed by atoms with Crippen molar-refractivity contribution in [3.05, 3.63) is 41.7 Å². The molecule has 0 unspecified atom stereocenters. The van der Waals surface area contributed by atoms with E-state index in [0.717, 1.165) is 30.8 Å². The monoisotopic (exact) mass is 452 g/mol. The Morgan fingerprint density at radius 1 is 1.09 bits per heavy atom. The van der Waals surface area contributed by atoms with Crippen LogP contribution in [0.4, 0.5) is 0 Å². The standard InChI is InChI=1S/C25H36N6O2/c1-25(2,17-29(3)4)16-26-23(32)19-12-14-30(15-13-19)24(33)21-22(18-10-11-18)31(28-27-21)20-8-6-5-7-9-20/h5-9,18-19H,10-17H2,1-4H3,(H,26,32). The maximum absolute atomic E-state index is 13.3. The van der Waals surface area contributed by atoms with E-state index in [1.807, 2.05) is 54.0 Å². The summed E-state index contributed by atoms with van der Waals surface area (Å²) in [5, 5.41) is 11.8. The first-order valence-electron chi connectivity index (χ1n) is 12.0. The summed E-state index contributed by atoms with van der Waals surface area (Å²) in [6.07, 6.45) is 3.48. The summed E-state index contributed by atoms with van der Waals surface area (Å²) >= 11 is 0. The summed E-state index contributed by atoms with van der Waals surface area (Å²) in [5.41, 5.74) is 2.34. The Hall–Kier alpha value is -2.74. The van der Waals surface area contributed by atoms with Crippen molar-refractivity contribution in [2.45, 2.75) is 45.4 Å². The fraction of sp³-hybridized carbons (Fsp3) is 0.600. The molecule has 8 nitrogen and oxygen atoms in total. The van der Waals surface area contributed by atoms with Crippen molar-refractivity contribution in [1.82, 2.24) is 30.1 Å². The van der Waals surface area contributed by atoms with Gasteiger partial charge >= 0.3 is 0 Å². The maximum atomic E-state index is 13.3. The summed E-state index contributed by atoms with van der Waals surface area (Å²) < 4.78 is 1.82. The van der Waals surface area contributed by atoms with E-state index in [-0.39, 0.29) is 23.1 Å². The van der Waals surface area contributed by atoms with E-state index >= 15 is 0 Å². The molecule has 1 saturated heterocycles. The molecule has 2 heterocycles. The van der Waals surface area contributed by atoms with Crippen molar-refractivity contribution >= 4 is 11.8 Å². The number of nitrogens with zero attached hydrogens (tertiary/aromatic N) is 5. The third-order valence-electron chi connectivity index (χ3n) is 6.51. The average molecular weight is 453 g/mol. The topological polar surface area (TPSA) is 83.4 Å². The van der Waals surface area contributed by atoms with Crippen molar-refractivity contribution < 1.29 is 9.59 Å². The van der Waals surface area contributed by atoms with Gasteiger partial charge in [-0.3, -0.25) is 9.59 Å². The van der Waals surface area contributed by atoms with Gasteiger partial charge in [0.25, 0.3) is 5.91 Å². The van der Waals surface area contributed by atoms with Crippen LogP contribution in [0.3, 0.4) is 0 Å². The molecule has 0 spiro atoms. The highest BCUT2D eigenvalue weighted by Crippen LogP contribution is 2.42. The Balaban J connectivity index is 1.36. The average Bonchev–Trinajstić information content (AvgIpc) is 3.54. The maximum Gasteiger partial charge on any atom is 0.276 e. The Labute approximate surface area is 196 Å². The van der Waals surface area contributed by atoms with Gasteiger partial charge in [-0.15, -0.1) is 5.10 Å². The quantitative estimate of drug-likeness (QED) is 0.666. The minimum Gasteiger partial charge on any atom is -0.355 e. The highest BCUT2D eigenvalue weighted by atomic mass is 16.2. The highest BCUT2D eigenvalue weighted by Gasteiger charge is 2.37. The fourth-order valence-corrected chi connectivity index (χ4v) is 4.80. The molecule has 1 aliphatic heterocycles. The molecule has 178 valence electrons. The zero-order valence-corrected chi connectivity index (χ0v) is 20.3. The first-order valence-corrected chi connectivity index (χ1v) is 12.0. The summed E-state index contributed by atoms with van der Waals surface area (Å²) in [6.45, 7) is 7.02. The van der Waals surface area contributed by atoms with Crippen molar-refractivity contribution in [3.63, 3.8) is 0 Å². The van der Waals surface area contributed by atoms with Crippen LogP contribution in [0.15, 0.2) is 30.3 Å². The van der Waals surface area contributed by atoms with E-state index < -0.39 is 0 Å². The van der Waals surface area contributed by atoms with Gasteiger partial charge in [0.2, 0.25) is 5.91 Å². The van der Waals surface area contributed by atoms with E-state index in [4.69, 9.17) is 0 Å². The fourth-order valence-electron chi connectivity index (χ4n) is 4.80. The van der Waals surface area contributed by atoms with Crippen LogP contribution >= 0.6 is 0 Å². The molecule has 1 aromatic heterocycles. The largest absolute Gasteiger partial charge is 0.355 e. The number of piperidine rings is 1. The molecule has 33 heavy (non-hydrogen) atoms. The Morgan fingerprint density at radius 3 is 2.36 bits per heavy atom. The normalized spacial score (nSPS) is 17.4. The Kier molecular flexibility index (Phi) is 6.83. The molecular weight excluding hydrogens is 416 g/mol. The second-order valence-corrected chi connectivity index (χ2v) is 10.5. The van der Waals surface area contributed by atoms with Gasteiger partial charge in [0, 0.05) is 38.0 Å². The van der Waals surface area contributed by atoms with Gasteiger partial charge in [-0.05, 0) is 57.3 Å². The van der Waals surface area contributed by atoms with E-state index in [9.17, 15) is 9.59 Å². The number of benzene rings is 1. The van der Waals surface area contributed by atoms with E-state index in [1.54, 1.807) is 0 Å². The molecule has 1 N–H and O–H groups in total. The molecule has 0 radical (unpaired) electrons. The summed E-state index contributed by atoms with van der Waals surface area (Å²) in [4.78, 5) is 30.1. The smallest absolute Gasteiger partial charge is 0.276 e. The predicted octanol–water partition coefficient (Wildman–Crippen LogP) is 2.70. The second kappa shape index (κ2) is 9.63. The van der Waals surface area contributed by atoms with Gasteiger partial charge in [-0.2, -0.15) is 0 Å². The SMILES string of the molecule is CN(C)CC(C)(C)CNC(=O)C1CCN(C(=O)c2nnn(-c3ccccc3)c2C2CC2)CC1. The lowest BCUT2D eigenvalue weighted by Crippen LogP contribution is -2.46. The minimum atomic E-state index is -0.0648. The van der Waals surface area contributed by atoms with E-state index in [0.29, 0.717) is 44.1 Å². The molecule has 2 fully saturated rings. The van der Waals surface area contributed by atoms with Crippen LogP contribution in [0.5, 0.6) is 0 Å². The number of carbonyl (C=O) groups excluding carboxylic acids is 2. The number of carbonyl (C=O) groups is 2. The van der Waals surface area contributed by atoms with Gasteiger partial charge in [0.15, 0.2) is 5.69 Å². The van der Waals surface area contributed by atoms with Crippen molar-refractivity contribution in [2.24, 2.45) is 11.3 Å². The van der Waals surface area contributed by atoms with E-state index in [1.165, 1.54) is 0 Å². The first kappa shape index (κ1) is 23.4. The molecule has 1 aliphatic carbocycles. The number of likely N-dealkylation sites (tertiary alicyclic amines) is 1. The van der Waals surface area contributed by atoms with Crippen LogP contribution in [0.25, 0.3) is 5.69 Å². The van der Waals surface area contributed by atoms with E-state index in [2.05, 4.69) is 34.4 Å². The molecule has 2 amide bonds. The van der Waals surface area contributed by atoms with Crippen molar-refractivity contribution in [3.8, 4) is 5.69 Å². The molecule has 1 aromatic carbocycles. The van der Waals surface area contributed by atoms with Gasteiger partial charge in [0.1, 0.15) is 0 Å². The molecule has 0 atom stereocenters.